The Morgan fingerprint density at radius 1 is 1.03 bits per heavy atom. The second-order valence-corrected chi connectivity index (χ2v) is 7.71. The van der Waals surface area contributed by atoms with Gasteiger partial charge >= 0.3 is 11.9 Å². The Morgan fingerprint density at radius 3 is 2.23 bits per heavy atom. The van der Waals surface area contributed by atoms with E-state index in [0.717, 1.165) is 16.8 Å². The van der Waals surface area contributed by atoms with Crippen LogP contribution in [0.4, 0.5) is 0 Å². The number of thiazole rings is 1. The van der Waals surface area contributed by atoms with Crippen LogP contribution in [0.15, 0.2) is 41.8 Å². The van der Waals surface area contributed by atoms with Gasteiger partial charge < -0.3 is 9.47 Å². The smallest absolute Gasteiger partial charge is 0.337 e. The number of ether oxygens (including phenoxy) is 2. The number of benzene rings is 2. The lowest BCUT2D eigenvalue weighted by atomic mass is 10.0. The van der Waals surface area contributed by atoms with E-state index >= 15 is 0 Å². The Labute approximate surface area is 184 Å². The van der Waals surface area contributed by atoms with Crippen molar-refractivity contribution in [3.05, 3.63) is 74.6 Å². The van der Waals surface area contributed by atoms with Gasteiger partial charge in [-0.1, -0.05) is 23.8 Å². The number of carbonyl (C=O) groups is 2. The fraction of sp³-hybridized carbons (Fsp3) is 0.167. The molecule has 0 amide bonds. The number of esters is 2. The third-order valence-electron chi connectivity index (χ3n) is 4.62. The van der Waals surface area contributed by atoms with Crippen LogP contribution in [0.2, 0.25) is 0 Å². The van der Waals surface area contributed by atoms with Gasteiger partial charge in [0.15, 0.2) is 0 Å². The van der Waals surface area contributed by atoms with Crippen molar-refractivity contribution in [3.8, 4) is 17.3 Å². The second-order valence-electron chi connectivity index (χ2n) is 6.85. The van der Waals surface area contributed by atoms with E-state index in [0.29, 0.717) is 16.1 Å². The van der Waals surface area contributed by atoms with E-state index in [1.165, 1.54) is 37.2 Å². The fourth-order valence-electron chi connectivity index (χ4n) is 3.14. The molecule has 3 aromatic rings. The number of carbonyl (C=O) groups excluding carboxylic acids is 2. The van der Waals surface area contributed by atoms with E-state index in [4.69, 9.17) is 9.47 Å². The molecule has 0 aliphatic heterocycles. The molecule has 0 radical (unpaired) electrons. The summed E-state index contributed by atoms with van der Waals surface area (Å²) >= 11 is 1.35. The summed E-state index contributed by atoms with van der Waals surface area (Å²) in [5, 5.41) is 12.2. The van der Waals surface area contributed by atoms with Crippen molar-refractivity contribution in [2.45, 2.75) is 13.8 Å². The number of aryl methyl sites for hydroxylation is 2. The van der Waals surface area contributed by atoms with E-state index in [1.807, 2.05) is 31.4 Å². The van der Waals surface area contributed by atoms with Crippen molar-refractivity contribution in [2.24, 2.45) is 0 Å². The predicted molar refractivity (Wildman–Crippen MR) is 120 cm³/mol. The van der Waals surface area contributed by atoms with Crippen LogP contribution in [0.5, 0.6) is 0 Å². The van der Waals surface area contributed by atoms with Gasteiger partial charge in [0.2, 0.25) is 0 Å². The molecule has 3 rings (SSSR count). The van der Waals surface area contributed by atoms with E-state index < -0.39 is 11.9 Å². The van der Waals surface area contributed by atoms with Crippen LogP contribution in [0.25, 0.3) is 22.9 Å². The molecule has 31 heavy (non-hydrogen) atoms. The predicted octanol–water partition coefficient (Wildman–Crippen LogP) is 5.06. The van der Waals surface area contributed by atoms with Gasteiger partial charge in [0.1, 0.15) is 11.1 Å². The van der Waals surface area contributed by atoms with Gasteiger partial charge in [0.05, 0.1) is 36.6 Å². The maximum Gasteiger partial charge on any atom is 0.337 e. The van der Waals surface area contributed by atoms with Crippen molar-refractivity contribution in [3.63, 3.8) is 0 Å². The quantitative estimate of drug-likeness (QED) is 0.413. The third kappa shape index (κ3) is 4.87. The maximum atomic E-state index is 12.0. The number of nitriles is 1. The minimum atomic E-state index is -0.592. The number of rotatable bonds is 5. The number of hydrogen-bond acceptors (Lipinski definition) is 7. The van der Waals surface area contributed by atoms with Crippen LogP contribution >= 0.6 is 11.3 Å². The molecule has 1 heterocycles. The lowest BCUT2D eigenvalue weighted by molar-refractivity contribution is 0.0599. The van der Waals surface area contributed by atoms with Gasteiger partial charge in [0.25, 0.3) is 0 Å². The summed E-state index contributed by atoms with van der Waals surface area (Å²) in [6.07, 6.45) is 1.59. The number of nitrogens with zero attached hydrogens (tertiary/aromatic N) is 2. The molecule has 0 fully saturated rings. The molecular weight excluding hydrogens is 412 g/mol. The van der Waals surface area contributed by atoms with E-state index in [1.54, 1.807) is 18.2 Å². The van der Waals surface area contributed by atoms with E-state index in [9.17, 15) is 14.9 Å². The maximum absolute atomic E-state index is 12.0. The lowest BCUT2D eigenvalue weighted by Crippen LogP contribution is -2.07. The highest BCUT2D eigenvalue weighted by atomic mass is 32.1. The molecule has 0 N–H and O–H groups in total. The Morgan fingerprint density at radius 2 is 1.68 bits per heavy atom. The van der Waals surface area contributed by atoms with Crippen molar-refractivity contribution >= 4 is 34.9 Å². The number of aromatic nitrogens is 1. The SMILES string of the molecule is COC(=O)c1cc(/C=C(\C#N)c2nc(-c3ccc(C)cc3C)cs2)cc(C(=O)OC)c1. The summed E-state index contributed by atoms with van der Waals surface area (Å²) in [5.74, 6) is -1.18. The normalized spacial score (nSPS) is 11.0. The Bertz CT molecular complexity index is 1200. The Hall–Kier alpha value is -3.76. The molecule has 2 aromatic carbocycles. The van der Waals surface area contributed by atoms with Crippen molar-refractivity contribution in [1.82, 2.24) is 4.98 Å². The third-order valence-corrected chi connectivity index (χ3v) is 5.50. The zero-order valence-electron chi connectivity index (χ0n) is 17.6. The highest BCUT2D eigenvalue weighted by Crippen LogP contribution is 2.29. The summed E-state index contributed by atoms with van der Waals surface area (Å²) < 4.78 is 9.52. The van der Waals surface area contributed by atoms with Crippen molar-refractivity contribution in [1.29, 1.82) is 5.26 Å². The molecule has 0 saturated carbocycles. The standard InChI is InChI=1S/C24H20N2O4S/c1-14-5-6-20(15(2)7-14)21-13-31-22(26-21)19(12-25)10-16-8-17(23(27)29-3)11-18(9-16)24(28)30-4/h5-11,13H,1-4H3/b19-10+. The van der Waals surface area contributed by atoms with Gasteiger partial charge in [-0.25, -0.2) is 14.6 Å². The van der Waals surface area contributed by atoms with Crippen LogP contribution in [0.1, 0.15) is 42.4 Å². The molecule has 7 heteroatoms. The number of allylic oxidation sites excluding steroid dienone is 1. The van der Waals surface area contributed by atoms with Crippen LogP contribution in [0.3, 0.4) is 0 Å². The summed E-state index contributed by atoms with van der Waals surface area (Å²) in [5.41, 5.74) is 5.24. The molecule has 0 bridgehead atoms. The summed E-state index contributed by atoms with van der Waals surface area (Å²) in [6.45, 7) is 4.06. The molecule has 0 aliphatic carbocycles. The molecule has 0 aliphatic rings. The first-order chi connectivity index (χ1) is 14.9. The molecule has 156 valence electrons. The van der Waals surface area contributed by atoms with Gasteiger partial charge in [-0.2, -0.15) is 5.26 Å². The first-order valence-corrected chi connectivity index (χ1v) is 10.2. The summed E-state index contributed by atoms with van der Waals surface area (Å²) in [4.78, 5) is 28.6. The lowest BCUT2D eigenvalue weighted by Gasteiger charge is -2.06. The average molecular weight is 433 g/mol. The van der Waals surface area contributed by atoms with Crippen molar-refractivity contribution < 1.29 is 19.1 Å². The molecule has 6 nitrogen and oxygen atoms in total. The minimum Gasteiger partial charge on any atom is -0.465 e. The fourth-order valence-corrected chi connectivity index (χ4v) is 3.92. The summed E-state index contributed by atoms with van der Waals surface area (Å²) in [7, 11) is 2.51. The minimum absolute atomic E-state index is 0.184. The van der Waals surface area contributed by atoms with Crippen molar-refractivity contribution in [2.75, 3.05) is 14.2 Å². The largest absolute Gasteiger partial charge is 0.465 e. The van der Waals surface area contributed by atoms with E-state index in [2.05, 4.69) is 17.1 Å². The zero-order chi connectivity index (χ0) is 22.5. The molecular formula is C24H20N2O4S. The van der Waals surface area contributed by atoms with Crippen LogP contribution in [0, 0.1) is 25.2 Å². The first-order valence-electron chi connectivity index (χ1n) is 9.33. The second kappa shape index (κ2) is 9.37. The molecule has 0 atom stereocenters. The van der Waals surface area contributed by atoms with Gasteiger partial charge in [0, 0.05) is 10.9 Å². The number of hydrogen-bond donors (Lipinski definition) is 0. The van der Waals surface area contributed by atoms with E-state index in [-0.39, 0.29) is 11.1 Å². The molecule has 0 unspecified atom stereocenters. The van der Waals surface area contributed by atoms with Crippen LogP contribution < -0.4 is 0 Å². The van der Waals surface area contributed by atoms with Gasteiger partial charge in [-0.05, 0) is 49.2 Å². The zero-order valence-corrected chi connectivity index (χ0v) is 18.4. The highest BCUT2D eigenvalue weighted by Gasteiger charge is 2.15. The topological polar surface area (TPSA) is 89.3 Å². The summed E-state index contributed by atoms with van der Waals surface area (Å²) in [6, 6.07) is 12.8. The monoisotopic (exact) mass is 432 g/mol. The van der Waals surface area contributed by atoms with Gasteiger partial charge in [-0.15, -0.1) is 11.3 Å². The van der Waals surface area contributed by atoms with Crippen LogP contribution in [-0.2, 0) is 9.47 Å². The molecule has 0 saturated heterocycles. The van der Waals surface area contributed by atoms with Gasteiger partial charge in [-0.3, -0.25) is 0 Å². The Kier molecular flexibility index (Phi) is 6.63. The number of methoxy groups -OCH3 is 2. The molecule has 1 aromatic heterocycles. The van der Waals surface area contributed by atoms with Crippen LogP contribution in [-0.4, -0.2) is 31.1 Å². The average Bonchev–Trinajstić information content (AvgIpc) is 3.25. The Balaban J connectivity index is 2.04. The molecule has 0 spiro atoms. The highest BCUT2D eigenvalue weighted by molar-refractivity contribution is 7.11. The first kappa shape index (κ1) is 21.9.